The molecule has 0 radical (unpaired) electrons. The molecule has 23 heavy (non-hydrogen) atoms. The molecule has 1 heterocycles. The van der Waals surface area contributed by atoms with Gasteiger partial charge in [0.25, 0.3) is 0 Å². The van der Waals surface area contributed by atoms with Gasteiger partial charge in [0.2, 0.25) is 0 Å². The molecule has 2 aromatic carbocycles. The summed E-state index contributed by atoms with van der Waals surface area (Å²) >= 11 is 0. The van der Waals surface area contributed by atoms with E-state index < -0.39 is 0 Å². The van der Waals surface area contributed by atoms with Crippen LogP contribution in [0.2, 0.25) is 0 Å². The van der Waals surface area contributed by atoms with Gasteiger partial charge in [0.15, 0.2) is 5.43 Å². The van der Waals surface area contributed by atoms with Crippen LogP contribution < -0.4 is 10.2 Å². The lowest BCUT2D eigenvalue weighted by Crippen LogP contribution is -2.07. The molecule has 3 nitrogen and oxygen atoms in total. The van der Waals surface area contributed by atoms with Gasteiger partial charge in [-0.05, 0) is 44.2 Å². The average molecular weight is 306 g/mol. The van der Waals surface area contributed by atoms with Crippen molar-refractivity contribution in [3.05, 3.63) is 69.9 Å². The minimum absolute atomic E-state index is 0.00317. The Morgan fingerprint density at radius 1 is 1.09 bits per heavy atom. The summed E-state index contributed by atoms with van der Waals surface area (Å²) in [5.74, 6) is 1.37. The third kappa shape index (κ3) is 2.66. The van der Waals surface area contributed by atoms with Crippen molar-refractivity contribution >= 4 is 17.0 Å². The minimum Gasteiger partial charge on any atom is -0.497 e. The molecule has 0 aliphatic heterocycles. The third-order valence-corrected chi connectivity index (χ3v) is 3.87. The van der Waals surface area contributed by atoms with Gasteiger partial charge < -0.3 is 9.15 Å². The normalized spacial score (nSPS) is 11.3. The van der Waals surface area contributed by atoms with Crippen LogP contribution in [0.4, 0.5) is 0 Å². The largest absolute Gasteiger partial charge is 0.497 e. The molecule has 0 fully saturated rings. The van der Waals surface area contributed by atoms with E-state index in [1.165, 1.54) is 0 Å². The molecule has 3 heteroatoms. The topological polar surface area (TPSA) is 39.4 Å². The van der Waals surface area contributed by atoms with Gasteiger partial charge in [-0.25, -0.2) is 0 Å². The average Bonchev–Trinajstić information content (AvgIpc) is 2.59. The predicted octanol–water partition coefficient (Wildman–Crippen LogP) is 4.81. The fourth-order valence-electron chi connectivity index (χ4n) is 2.66. The Morgan fingerprint density at radius 2 is 1.83 bits per heavy atom. The molecule has 3 rings (SSSR count). The first-order chi connectivity index (χ1) is 11.2. The first-order valence-electron chi connectivity index (χ1n) is 7.49. The Kier molecular flexibility index (Phi) is 4.02. The quantitative estimate of drug-likeness (QED) is 0.697. The van der Waals surface area contributed by atoms with Crippen molar-refractivity contribution < 1.29 is 9.15 Å². The molecular weight excluding hydrogens is 288 g/mol. The van der Waals surface area contributed by atoms with Crippen LogP contribution in [0.5, 0.6) is 5.75 Å². The Hall–Kier alpha value is -2.81. The molecule has 0 aliphatic rings. The molecule has 0 atom stereocenters. The lowest BCUT2D eigenvalue weighted by atomic mass is 10.0. The summed E-state index contributed by atoms with van der Waals surface area (Å²) in [5.41, 5.74) is 2.99. The second kappa shape index (κ2) is 6.13. The molecule has 0 amide bonds. The number of methoxy groups -OCH3 is 1. The highest BCUT2D eigenvalue weighted by Gasteiger charge is 2.14. The number of benzene rings is 2. The number of para-hydroxylation sites is 1. The van der Waals surface area contributed by atoms with E-state index in [-0.39, 0.29) is 5.43 Å². The number of hydrogen-bond donors (Lipinski definition) is 0. The summed E-state index contributed by atoms with van der Waals surface area (Å²) in [6, 6.07) is 13.1. The van der Waals surface area contributed by atoms with Gasteiger partial charge in [0.05, 0.1) is 12.5 Å². The number of ether oxygens (including phenoxy) is 1. The monoisotopic (exact) mass is 306 g/mol. The Balaban J connectivity index is 2.30. The van der Waals surface area contributed by atoms with E-state index in [1.807, 2.05) is 55.5 Å². The smallest absolute Gasteiger partial charge is 0.196 e. The van der Waals surface area contributed by atoms with Crippen LogP contribution in [0.15, 0.2) is 57.8 Å². The zero-order chi connectivity index (χ0) is 16.4. The molecule has 0 bridgehead atoms. The SMILES string of the molecule is C/C=C\c1cccc2c(=O)c(C)c(-c3ccc(OC)cc3)oc12. The van der Waals surface area contributed by atoms with Gasteiger partial charge in [-0.15, -0.1) is 0 Å². The van der Waals surface area contributed by atoms with Crippen molar-refractivity contribution in [2.24, 2.45) is 0 Å². The molecule has 0 saturated heterocycles. The van der Waals surface area contributed by atoms with E-state index >= 15 is 0 Å². The molecule has 3 aromatic rings. The molecule has 0 saturated carbocycles. The fraction of sp³-hybridized carbons (Fsp3) is 0.150. The Labute approximate surface area is 134 Å². The zero-order valence-electron chi connectivity index (χ0n) is 13.4. The Bertz CT molecular complexity index is 931. The summed E-state index contributed by atoms with van der Waals surface area (Å²) in [7, 11) is 1.62. The third-order valence-electron chi connectivity index (χ3n) is 3.87. The summed E-state index contributed by atoms with van der Waals surface area (Å²) < 4.78 is 11.3. The maximum absolute atomic E-state index is 12.7. The van der Waals surface area contributed by atoms with Gasteiger partial charge in [-0.1, -0.05) is 24.3 Å². The maximum Gasteiger partial charge on any atom is 0.196 e. The van der Waals surface area contributed by atoms with Gasteiger partial charge in [-0.2, -0.15) is 0 Å². The molecule has 0 N–H and O–H groups in total. The van der Waals surface area contributed by atoms with Crippen LogP contribution in [0.25, 0.3) is 28.4 Å². The van der Waals surface area contributed by atoms with Crippen LogP contribution >= 0.6 is 0 Å². The number of hydrogen-bond acceptors (Lipinski definition) is 3. The second-order valence-corrected chi connectivity index (χ2v) is 5.34. The fourth-order valence-corrected chi connectivity index (χ4v) is 2.66. The number of allylic oxidation sites excluding steroid dienone is 1. The lowest BCUT2D eigenvalue weighted by Gasteiger charge is -2.09. The first-order valence-corrected chi connectivity index (χ1v) is 7.49. The van der Waals surface area contributed by atoms with Crippen molar-refractivity contribution in [1.82, 2.24) is 0 Å². The Morgan fingerprint density at radius 3 is 2.48 bits per heavy atom. The van der Waals surface area contributed by atoms with E-state index in [2.05, 4.69) is 0 Å². The molecule has 1 aromatic heterocycles. The second-order valence-electron chi connectivity index (χ2n) is 5.34. The predicted molar refractivity (Wildman–Crippen MR) is 93.9 cm³/mol. The molecule has 0 aliphatic carbocycles. The van der Waals surface area contributed by atoms with E-state index in [4.69, 9.17) is 9.15 Å². The molecule has 0 spiro atoms. The minimum atomic E-state index is 0.00317. The van der Waals surface area contributed by atoms with Crippen molar-refractivity contribution in [2.75, 3.05) is 7.11 Å². The van der Waals surface area contributed by atoms with Crippen molar-refractivity contribution in [2.45, 2.75) is 13.8 Å². The zero-order valence-corrected chi connectivity index (χ0v) is 13.4. The molecular formula is C20H18O3. The maximum atomic E-state index is 12.7. The van der Waals surface area contributed by atoms with Crippen molar-refractivity contribution in [3.63, 3.8) is 0 Å². The summed E-state index contributed by atoms with van der Waals surface area (Å²) in [6.07, 6.45) is 3.88. The van der Waals surface area contributed by atoms with E-state index in [0.29, 0.717) is 22.3 Å². The number of rotatable bonds is 3. The summed E-state index contributed by atoms with van der Waals surface area (Å²) in [4.78, 5) is 12.7. The van der Waals surface area contributed by atoms with Gasteiger partial charge in [0, 0.05) is 16.7 Å². The van der Waals surface area contributed by atoms with Crippen LogP contribution in [0.1, 0.15) is 18.1 Å². The highest BCUT2D eigenvalue weighted by Crippen LogP contribution is 2.29. The highest BCUT2D eigenvalue weighted by atomic mass is 16.5. The van der Waals surface area contributed by atoms with Gasteiger partial charge >= 0.3 is 0 Å². The van der Waals surface area contributed by atoms with Crippen LogP contribution in [-0.4, -0.2) is 7.11 Å². The van der Waals surface area contributed by atoms with Crippen LogP contribution in [0, 0.1) is 6.92 Å². The van der Waals surface area contributed by atoms with Gasteiger partial charge in [0.1, 0.15) is 17.1 Å². The summed E-state index contributed by atoms with van der Waals surface area (Å²) in [5, 5.41) is 0.607. The van der Waals surface area contributed by atoms with E-state index in [9.17, 15) is 4.79 Å². The number of fused-ring (bicyclic) bond motifs is 1. The summed E-state index contributed by atoms with van der Waals surface area (Å²) in [6.45, 7) is 3.74. The van der Waals surface area contributed by atoms with Crippen molar-refractivity contribution in [3.8, 4) is 17.1 Å². The van der Waals surface area contributed by atoms with Crippen LogP contribution in [-0.2, 0) is 0 Å². The molecule has 0 unspecified atom stereocenters. The van der Waals surface area contributed by atoms with Crippen molar-refractivity contribution in [1.29, 1.82) is 0 Å². The highest BCUT2D eigenvalue weighted by molar-refractivity contribution is 5.87. The molecule has 116 valence electrons. The van der Waals surface area contributed by atoms with Crippen LogP contribution in [0.3, 0.4) is 0 Å². The van der Waals surface area contributed by atoms with Gasteiger partial charge in [-0.3, -0.25) is 4.79 Å². The standard InChI is InChI=1S/C20H18O3/c1-4-6-14-7-5-8-17-18(21)13(2)19(23-20(14)17)15-9-11-16(22-3)12-10-15/h4-12H,1-3H3/b6-4-. The first kappa shape index (κ1) is 15.1. The lowest BCUT2D eigenvalue weighted by molar-refractivity contribution is 0.415. The van der Waals surface area contributed by atoms with E-state index in [1.54, 1.807) is 20.1 Å². The van der Waals surface area contributed by atoms with E-state index in [0.717, 1.165) is 16.9 Å².